The van der Waals surface area contributed by atoms with E-state index in [0.29, 0.717) is 13.2 Å². The Morgan fingerprint density at radius 3 is 2.76 bits per heavy atom. The molecule has 2 N–H and O–H groups in total. The summed E-state index contributed by atoms with van der Waals surface area (Å²) < 4.78 is 16.6. The molecule has 29 heavy (non-hydrogen) atoms. The van der Waals surface area contributed by atoms with E-state index in [1.807, 2.05) is 13.8 Å². The molecule has 0 aromatic heterocycles. The van der Waals surface area contributed by atoms with Crippen molar-refractivity contribution in [2.24, 2.45) is 5.73 Å². The zero-order valence-electron chi connectivity index (χ0n) is 17.1. The number of thioether (sulfide) groups is 1. The predicted molar refractivity (Wildman–Crippen MR) is 112 cm³/mol. The number of nitrogens with two attached hydrogens (primary N) is 1. The lowest BCUT2D eigenvalue weighted by atomic mass is 10.1. The van der Waals surface area contributed by atoms with Crippen LogP contribution in [0.25, 0.3) is 0 Å². The SMILES string of the molecule is CCOC(SCC)[C@@H]1CCCN1C(=O)c1cc(OC)c(OCCN)cc1[N+](=O)[O-]. The number of rotatable bonds is 11. The number of hydrogen-bond acceptors (Lipinski definition) is 8. The second-order valence-corrected chi connectivity index (χ2v) is 7.78. The average Bonchev–Trinajstić information content (AvgIpc) is 3.20. The highest BCUT2D eigenvalue weighted by Gasteiger charge is 2.38. The first-order chi connectivity index (χ1) is 14.0. The number of ether oxygens (including phenoxy) is 3. The Morgan fingerprint density at radius 2 is 2.17 bits per heavy atom. The molecule has 162 valence electrons. The number of nitro benzene ring substituents is 1. The summed E-state index contributed by atoms with van der Waals surface area (Å²) in [7, 11) is 1.42. The number of nitrogens with zero attached hydrogens (tertiary/aromatic N) is 2. The van der Waals surface area contributed by atoms with Crippen LogP contribution in [0.1, 0.15) is 37.0 Å². The van der Waals surface area contributed by atoms with Crippen LogP contribution in [0.4, 0.5) is 5.69 Å². The van der Waals surface area contributed by atoms with Gasteiger partial charge in [0.2, 0.25) is 0 Å². The summed E-state index contributed by atoms with van der Waals surface area (Å²) in [5.41, 5.74) is 4.95. The van der Waals surface area contributed by atoms with Gasteiger partial charge in [-0.25, -0.2) is 0 Å². The lowest BCUT2D eigenvalue weighted by Crippen LogP contribution is -2.43. The van der Waals surface area contributed by atoms with Crippen molar-refractivity contribution >= 4 is 23.4 Å². The summed E-state index contributed by atoms with van der Waals surface area (Å²) in [6.07, 6.45) is 1.62. The number of carbonyl (C=O) groups is 1. The van der Waals surface area contributed by atoms with E-state index in [2.05, 4.69) is 0 Å². The summed E-state index contributed by atoms with van der Waals surface area (Å²) in [6, 6.07) is 2.48. The Balaban J connectivity index is 2.40. The molecule has 1 aromatic carbocycles. The van der Waals surface area contributed by atoms with Crippen LogP contribution in [0.3, 0.4) is 0 Å². The van der Waals surface area contributed by atoms with Gasteiger partial charge < -0.3 is 24.8 Å². The molecule has 0 bridgehead atoms. The number of nitro groups is 1. The monoisotopic (exact) mass is 427 g/mol. The summed E-state index contributed by atoms with van der Waals surface area (Å²) in [5, 5.41) is 11.7. The van der Waals surface area contributed by atoms with Gasteiger partial charge in [-0.15, -0.1) is 11.8 Å². The summed E-state index contributed by atoms with van der Waals surface area (Å²) in [6.45, 7) is 5.45. The van der Waals surface area contributed by atoms with Gasteiger partial charge in [0.05, 0.1) is 24.1 Å². The Bertz CT molecular complexity index is 711. The molecule has 0 aliphatic carbocycles. The smallest absolute Gasteiger partial charge is 0.286 e. The molecule has 10 heteroatoms. The van der Waals surface area contributed by atoms with Gasteiger partial charge in [-0.2, -0.15) is 0 Å². The van der Waals surface area contributed by atoms with Gasteiger partial charge in [0.1, 0.15) is 17.6 Å². The minimum atomic E-state index is -0.576. The fourth-order valence-corrected chi connectivity index (χ4v) is 4.46. The van der Waals surface area contributed by atoms with Gasteiger partial charge in [0.25, 0.3) is 11.6 Å². The van der Waals surface area contributed by atoms with Gasteiger partial charge in [0.15, 0.2) is 11.5 Å². The first kappa shape index (κ1) is 23.2. The topological polar surface area (TPSA) is 117 Å². The van der Waals surface area contributed by atoms with Crippen molar-refractivity contribution in [1.29, 1.82) is 0 Å². The molecule has 2 atom stereocenters. The van der Waals surface area contributed by atoms with E-state index in [9.17, 15) is 14.9 Å². The summed E-state index contributed by atoms with van der Waals surface area (Å²) >= 11 is 1.64. The van der Waals surface area contributed by atoms with Crippen LogP contribution in [0.2, 0.25) is 0 Å². The van der Waals surface area contributed by atoms with Crippen LogP contribution >= 0.6 is 11.8 Å². The second kappa shape index (κ2) is 11.2. The lowest BCUT2D eigenvalue weighted by Gasteiger charge is -2.31. The lowest BCUT2D eigenvalue weighted by molar-refractivity contribution is -0.385. The largest absolute Gasteiger partial charge is 0.493 e. The van der Waals surface area contributed by atoms with Crippen molar-refractivity contribution in [2.75, 3.05) is 39.2 Å². The zero-order valence-corrected chi connectivity index (χ0v) is 17.9. The third-order valence-electron chi connectivity index (χ3n) is 4.62. The first-order valence-electron chi connectivity index (χ1n) is 9.71. The molecule has 1 fully saturated rings. The van der Waals surface area contributed by atoms with Crippen molar-refractivity contribution in [3.05, 3.63) is 27.8 Å². The minimum Gasteiger partial charge on any atom is -0.493 e. The number of benzene rings is 1. The Kier molecular flexibility index (Phi) is 8.99. The Labute approximate surface area is 175 Å². The second-order valence-electron chi connectivity index (χ2n) is 6.40. The molecular weight excluding hydrogens is 398 g/mol. The highest BCUT2D eigenvalue weighted by Crippen LogP contribution is 2.37. The molecule has 1 unspecified atom stereocenters. The van der Waals surface area contributed by atoms with Crippen LogP contribution < -0.4 is 15.2 Å². The molecule has 9 nitrogen and oxygen atoms in total. The van der Waals surface area contributed by atoms with E-state index in [0.717, 1.165) is 18.6 Å². The molecule has 2 rings (SSSR count). The van der Waals surface area contributed by atoms with Crippen LogP contribution in [-0.2, 0) is 4.74 Å². The van der Waals surface area contributed by atoms with Crippen molar-refractivity contribution in [3.8, 4) is 11.5 Å². The van der Waals surface area contributed by atoms with Crippen LogP contribution in [0.15, 0.2) is 12.1 Å². The van der Waals surface area contributed by atoms with E-state index in [1.165, 1.54) is 19.2 Å². The van der Waals surface area contributed by atoms with Crippen molar-refractivity contribution < 1.29 is 23.9 Å². The van der Waals surface area contributed by atoms with Crippen LogP contribution in [0.5, 0.6) is 11.5 Å². The van der Waals surface area contributed by atoms with Gasteiger partial charge in [-0.3, -0.25) is 14.9 Å². The number of hydrogen-bond donors (Lipinski definition) is 1. The summed E-state index contributed by atoms with van der Waals surface area (Å²) in [4.78, 5) is 26.1. The van der Waals surface area contributed by atoms with Crippen molar-refractivity contribution in [2.45, 2.75) is 38.2 Å². The zero-order chi connectivity index (χ0) is 21.4. The quantitative estimate of drug-likeness (QED) is 0.325. The van der Waals surface area contributed by atoms with Gasteiger partial charge in [-0.05, 0) is 25.5 Å². The normalized spacial score (nSPS) is 17.2. The number of carbonyl (C=O) groups excluding carboxylic acids is 1. The molecule has 1 amide bonds. The van der Waals surface area contributed by atoms with E-state index in [1.54, 1.807) is 16.7 Å². The molecule has 1 aliphatic heterocycles. The number of methoxy groups -OCH3 is 1. The fourth-order valence-electron chi connectivity index (χ4n) is 3.39. The maximum Gasteiger partial charge on any atom is 0.286 e. The Morgan fingerprint density at radius 1 is 1.41 bits per heavy atom. The number of likely N-dealkylation sites (tertiary alicyclic amines) is 1. The highest BCUT2D eigenvalue weighted by molar-refractivity contribution is 7.99. The molecule has 0 saturated carbocycles. The van der Waals surface area contributed by atoms with Crippen LogP contribution in [0, 0.1) is 10.1 Å². The summed E-state index contributed by atoms with van der Waals surface area (Å²) in [5.74, 6) is 0.897. The first-order valence-corrected chi connectivity index (χ1v) is 10.8. The standard InChI is InChI=1S/C19H29N3O6S/c1-4-27-19(29-5-2)14-7-6-9-21(14)18(23)13-11-16(26-3)17(28-10-8-20)12-15(13)22(24)25/h11-12,14,19H,4-10,20H2,1-3H3/t14-,19?/m0/s1. The third kappa shape index (κ3) is 5.52. The minimum absolute atomic E-state index is 0.0180. The number of amides is 1. The van der Waals surface area contributed by atoms with Gasteiger partial charge >= 0.3 is 0 Å². The van der Waals surface area contributed by atoms with E-state index >= 15 is 0 Å². The van der Waals surface area contributed by atoms with Crippen molar-refractivity contribution in [1.82, 2.24) is 4.90 Å². The molecule has 0 radical (unpaired) electrons. The molecule has 1 aliphatic rings. The van der Waals surface area contributed by atoms with E-state index < -0.39 is 10.8 Å². The van der Waals surface area contributed by atoms with Crippen LogP contribution in [-0.4, -0.2) is 66.4 Å². The Hall–Kier alpha value is -2.04. The van der Waals surface area contributed by atoms with Crippen molar-refractivity contribution in [3.63, 3.8) is 0 Å². The van der Waals surface area contributed by atoms with Gasteiger partial charge in [0, 0.05) is 25.8 Å². The van der Waals surface area contributed by atoms with E-state index in [4.69, 9.17) is 19.9 Å². The third-order valence-corrected chi connectivity index (χ3v) is 5.73. The molecule has 1 heterocycles. The maximum absolute atomic E-state index is 13.3. The molecular formula is C19H29N3O6S. The highest BCUT2D eigenvalue weighted by atomic mass is 32.2. The predicted octanol–water partition coefficient (Wildman–Crippen LogP) is 2.66. The molecule has 1 aromatic rings. The fraction of sp³-hybridized carbons (Fsp3) is 0.632. The molecule has 0 spiro atoms. The maximum atomic E-state index is 13.3. The average molecular weight is 428 g/mol. The van der Waals surface area contributed by atoms with Gasteiger partial charge in [-0.1, -0.05) is 6.92 Å². The van der Waals surface area contributed by atoms with E-state index in [-0.39, 0.29) is 47.4 Å². The molecule has 1 saturated heterocycles.